The summed E-state index contributed by atoms with van der Waals surface area (Å²) in [5, 5.41) is 2.64. The summed E-state index contributed by atoms with van der Waals surface area (Å²) in [5.41, 5.74) is 0. The van der Waals surface area contributed by atoms with Crippen LogP contribution < -0.4 is 5.32 Å². The molecule has 0 aromatic heterocycles. The van der Waals surface area contributed by atoms with Crippen LogP contribution in [0.1, 0.15) is 33.6 Å². The molecule has 0 aliphatic heterocycles. The van der Waals surface area contributed by atoms with E-state index in [4.69, 9.17) is 0 Å². The molecule has 1 nitrogen and oxygen atoms in total. The predicted molar refractivity (Wildman–Crippen MR) is 45.1 cm³/mol. The summed E-state index contributed by atoms with van der Waals surface area (Å²) >= 11 is 0. The number of alkyl halides is 2. The van der Waals surface area contributed by atoms with E-state index in [9.17, 15) is 8.78 Å². The SMILES string of the molecule is CCC.CNCCC(C)(F)F. The highest BCUT2D eigenvalue weighted by atomic mass is 19.3. The van der Waals surface area contributed by atoms with E-state index in [1.807, 2.05) is 0 Å². The lowest BCUT2D eigenvalue weighted by molar-refractivity contribution is 0.0139. The molecule has 0 aliphatic carbocycles. The Morgan fingerprint density at radius 2 is 1.64 bits per heavy atom. The maximum atomic E-state index is 11.9. The third-order valence-corrected chi connectivity index (χ3v) is 0.814. The Balaban J connectivity index is 0. The summed E-state index contributed by atoms with van der Waals surface area (Å²) < 4.78 is 23.7. The molecule has 70 valence electrons. The van der Waals surface area contributed by atoms with E-state index in [0.29, 0.717) is 6.54 Å². The zero-order chi connectivity index (χ0) is 9.33. The van der Waals surface area contributed by atoms with Crippen molar-refractivity contribution in [2.75, 3.05) is 13.6 Å². The minimum absolute atomic E-state index is 0.0799. The van der Waals surface area contributed by atoms with Crippen molar-refractivity contribution in [3.8, 4) is 0 Å². The topological polar surface area (TPSA) is 12.0 Å². The second-order valence-electron chi connectivity index (χ2n) is 2.63. The Morgan fingerprint density at radius 3 is 1.73 bits per heavy atom. The number of nitrogens with one attached hydrogen (secondary N) is 1. The van der Waals surface area contributed by atoms with Gasteiger partial charge in [-0.2, -0.15) is 0 Å². The second kappa shape index (κ2) is 7.92. The fraction of sp³-hybridized carbons (Fsp3) is 1.00. The first-order chi connectivity index (χ1) is 4.97. The van der Waals surface area contributed by atoms with Crippen molar-refractivity contribution < 1.29 is 8.78 Å². The van der Waals surface area contributed by atoms with Gasteiger partial charge in [0.2, 0.25) is 5.92 Å². The van der Waals surface area contributed by atoms with Crippen LogP contribution in [0, 0.1) is 0 Å². The molecule has 0 amide bonds. The van der Waals surface area contributed by atoms with Crippen LogP contribution in [-0.4, -0.2) is 19.5 Å². The fourth-order valence-corrected chi connectivity index (χ4v) is 0.344. The lowest BCUT2D eigenvalue weighted by Gasteiger charge is -2.07. The van der Waals surface area contributed by atoms with Gasteiger partial charge in [0.15, 0.2) is 0 Å². The molecule has 3 heteroatoms. The minimum atomic E-state index is -2.51. The molecule has 0 atom stereocenters. The molecule has 0 bridgehead atoms. The maximum Gasteiger partial charge on any atom is 0.246 e. The molecule has 0 spiro atoms. The maximum absolute atomic E-state index is 11.9. The van der Waals surface area contributed by atoms with E-state index in [1.165, 1.54) is 6.42 Å². The van der Waals surface area contributed by atoms with Crippen molar-refractivity contribution in [2.45, 2.75) is 39.5 Å². The van der Waals surface area contributed by atoms with Crippen LogP contribution in [0.15, 0.2) is 0 Å². The Morgan fingerprint density at radius 1 is 1.27 bits per heavy atom. The van der Waals surface area contributed by atoms with Gasteiger partial charge in [-0.15, -0.1) is 0 Å². The van der Waals surface area contributed by atoms with E-state index < -0.39 is 5.92 Å². The van der Waals surface area contributed by atoms with Crippen molar-refractivity contribution in [3.63, 3.8) is 0 Å². The van der Waals surface area contributed by atoms with E-state index in [0.717, 1.165) is 6.92 Å². The molecule has 0 fully saturated rings. The number of hydrogen-bond acceptors (Lipinski definition) is 1. The normalized spacial score (nSPS) is 10.4. The van der Waals surface area contributed by atoms with Crippen molar-refractivity contribution in [1.29, 1.82) is 0 Å². The molecular weight excluding hydrogens is 148 g/mol. The van der Waals surface area contributed by atoms with E-state index in [2.05, 4.69) is 19.2 Å². The molecule has 0 aliphatic rings. The summed E-state index contributed by atoms with van der Waals surface area (Å²) in [6.07, 6.45) is 1.17. The Hall–Kier alpha value is -0.180. The van der Waals surface area contributed by atoms with Gasteiger partial charge in [-0.25, -0.2) is 8.78 Å². The molecular formula is C8H19F2N. The summed E-state index contributed by atoms with van der Waals surface area (Å²) in [5.74, 6) is -2.51. The molecule has 0 saturated heterocycles. The van der Waals surface area contributed by atoms with Crippen LogP contribution in [0.25, 0.3) is 0 Å². The summed E-state index contributed by atoms with van der Waals surface area (Å²) in [7, 11) is 1.66. The quantitative estimate of drug-likeness (QED) is 0.681. The highest BCUT2D eigenvalue weighted by Crippen LogP contribution is 2.14. The summed E-state index contributed by atoms with van der Waals surface area (Å²) in [6, 6.07) is 0. The van der Waals surface area contributed by atoms with Crippen LogP contribution in [0.4, 0.5) is 8.78 Å². The van der Waals surface area contributed by atoms with Gasteiger partial charge in [0, 0.05) is 13.0 Å². The molecule has 0 unspecified atom stereocenters. The molecule has 1 N–H and O–H groups in total. The molecule has 0 heterocycles. The molecule has 0 radical (unpaired) electrons. The van der Waals surface area contributed by atoms with Crippen LogP contribution in [0.2, 0.25) is 0 Å². The highest BCUT2D eigenvalue weighted by molar-refractivity contribution is 4.57. The largest absolute Gasteiger partial charge is 0.320 e. The van der Waals surface area contributed by atoms with E-state index in [1.54, 1.807) is 7.05 Å². The van der Waals surface area contributed by atoms with Gasteiger partial charge in [-0.1, -0.05) is 20.3 Å². The van der Waals surface area contributed by atoms with Gasteiger partial charge in [0.1, 0.15) is 0 Å². The molecule has 0 saturated carbocycles. The van der Waals surface area contributed by atoms with Crippen LogP contribution in [-0.2, 0) is 0 Å². The van der Waals surface area contributed by atoms with Gasteiger partial charge < -0.3 is 5.32 Å². The monoisotopic (exact) mass is 167 g/mol. The molecule has 0 rings (SSSR count). The highest BCUT2D eigenvalue weighted by Gasteiger charge is 2.18. The second-order valence-corrected chi connectivity index (χ2v) is 2.63. The first kappa shape index (κ1) is 13.4. The van der Waals surface area contributed by atoms with E-state index in [-0.39, 0.29) is 6.42 Å². The van der Waals surface area contributed by atoms with E-state index >= 15 is 0 Å². The summed E-state index contributed by atoms with van der Waals surface area (Å²) in [6.45, 7) is 5.55. The van der Waals surface area contributed by atoms with Gasteiger partial charge in [-0.3, -0.25) is 0 Å². The van der Waals surface area contributed by atoms with Gasteiger partial charge in [-0.05, 0) is 14.0 Å². The van der Waals surface area contributed by atoms with Crippen molar-refractivity contribution in [1.82, 2.24) is 5.32 Å². The Bertz CT molecular complexity index is 69.0. The fourth-order valence-electron chi connectivity index (χ4n) is 0.344. The lowest BCUT2D eigenvalue weighted by atomic mass is 10.3. The Labute approximate surface area is 68.2 Å². The van der Waals surface area contributed by atoms with Gasteiger partial charge in [0.05, 0.1) is 0 Å². The lowest BCUT2D eigenvalue weighted by Crippen LogP contribution is -2.18. The van der Waals surface area contributed by atoms with Gasteiger partial charge in [0.25, 0.3) is 0 Å². The van der Waals surface area contributed by atoms with Crippen LogP contribution in [0.3, 0.4) is 0 Å². The number of halogens is 2. The third-order valence-electron chi connectivity index (χ3n) is 0.814. The van der Waals surface area contributed by atoms with Crippen LogP contribution >= 0.6 is 0 Å². The smallest absolute Gasteiger partial charge is 0.246 e. The first-order valence-electron chi connectivity index (χ1n) is 4.00. The van der Waals surface area contributed by atoms with Crippen molar-refractivity contribution in [3.05, 3.63) is 0 Å². The van der Waals surface area contributed by atoms with Crippen LogP contribution in [0.5, 0.6) is 0 Å². The number of rotatable bonds is 3. The predicted octanol–water partition coefficient (Wildman–Crippen LogP) is 2.67. The molecule has 11 heavy (non-hydrogen) atoms. The first-order valence-corrected chi connectivity index (χ1v) is 4.00. The third kappa shape index (κ3) is 25.8. The summed E-state index contributed by atoms with van der Waals surface area (Å²) in [4.78, 5) is 0. The van der Waals surface area contributed by atoms with Crippen molar-refractivity contribution >= 4 is 0 Å². The average Bonchev–Trinajstić information content (AvgIpc) is 1.84. The zero-order valence-corrected chi connectivity index (χ0v) is 7.88. The average molecular weight is 167 g/mol. The van der Waals surface area contributed by atoms with Crippen molar-refractivity contribution in [2.24, 2.45) is 0 Å². The molecule has 0 aromatic carbocycles. The van der Waals surface area contributed by atoms with Gasteiger partial charge >= 0.3 is 0 Å². The standard InChI is InChI=1S/C5H11F2N.C3H8/c1-5(6,7)3-4-8-2;1-3-2/h8H,3-4H2,1-2H3;3H2,1-2H3. The Kier molecular flexibility index (Phi) is 9.66. The minimum Gasteiger partial charge on any atom is -0.320 e. The zero-order valence-electron chi connectivity index (χ0n) is 7.88. The molecule has 0 aromatic rings. The number of hydrogen-bond donors (Lipinski definition) is 1.